The number of nitrogens with zero attached hydrogens (tertiary/aromatic N) is 1. The summed E-state index contributed by atoms with van der Waals surface area (Å²) < 4.78 is 32.6. The van der Waals surface area contributed by atoms with Crippen LogP contribution in [0.2, 0.25) is 0 Å². The summed E-state index contributed by atoms with van der Waals surface area (Å²) in [6.45, 7) is 6.83. The van der Waals surface area contributed by atoms with Gasteiger partial charge in [-0.1, -0.05) is 37.3 Å². The minimum atomic E-state index is -3.34. The van der Waals surface area contributed by atoms with E-state index in [4.69, 9.17) is 4.74 Å². The molecule has 1 aliphatic rings. The van der Waals surface area contributed by atoms with Gasteiger partial charge in [-0.2, -0.15) is 0 Å². The van der Waals surface area contributed by atoms with Gasteiger partial charge in [-0.3, -0.25) is 4.99 Å². The van der Waals surface area contributed by atoms with Crippen molar-refractivity contribution >= 4 is 40.0 Å². The van der Waals surface area contributed by atoms with E-state index >= 15 is 0 Å². The van der Waals surface area contributed by atoms with E-state index in [9.17, 15) is 8.42 Å². The molecule has 9 heteroatoms. The van der Waals surface area contributed by atoms with Gasteiger partial charge in [0.2, 0.25) is 10.0 Å². The number of hydrogen-bond donors (Lipinski definition) is 3. The first-order chi connectivity index (χ1) is 13.5. The fourth-order valence-electron chi connectivity index (χ4n) is 3.02. The second-order valence-corrected chi connectivity index (χ2v) is 9.04. The molecule has 0 spiro atoms. The maximum atomic E-state index is 12.2. The molecule has 2 rings (SSSR count). The molecule has 0 aliphatic carbocycles. The highest BCUT2D eigenvalue weighted by atomic mass is 127. The molecule has 1 aromatic rings. The molecular weight excluding hydrogens is 503 g/mol. The lowest BCUT2D eigenvalue weighted by Gasteiger charge is -2.22. The molecule has 0 saturated carbocycles. The normalized spacial score (nSPS) is 18.6. The largest absolute Gasteiger partial charge is 0.377 e. The van der Waals surface area contributed by atoms with Crippen LogP contribution in [0.5, 0.6) is 0 Å². The highest BCUT2D eigenvalue weighted by Gasteiger charge is 2.17. The zero-order valence-electron chi connectivity index (χ0n) is 17.4. The maximum absolute atomic E-state index is 12.2. The van der Waals surface area contributed by atoms with Gasteiger partial charge >= 0.3 is 0 Å². The van der Waals surface area contributed by atoms with Crippen LogP contribution in [0.4, 0.5) is 0 Å². The molecule has 3 N–H and O–H groups in total. The predicted octanol–water partition coefficient (Wildman–Crippen LogP) is 2.45. The fourth-order valence-corrected chi connectivity index (χ4v) is 3.98. The van der Waals surface area contributed by atoms with Gasteiger partial charge in [0.05, 0.1) is 11.9 Å². The first kappa shape index (κ1) is 26.1. The molecule has 0 bridgehead atoms. The van der Waals surface area contributed by atoms with E-state index < -0.39 is 10.0 Å². The molecule has 0 aromatic heterocycles. The predicted molar refractivity (Wildman–Crippen MR) is 130 cm³/mol. The first-order valence-corrected chi connectivity index (χ1v) is 11.8. The van der Waals surface area contributed by atoms with Gasteiger partial charge in [0.15, 0.2) is 5.96 Å². The number of benzene rings is 1. The lowest BCUT2D eigenvalue weighted by atomic mass is 10.0. The Morgan fingerprint density at radius 3 is 2.66 bits per heavy atom. The monoisotopic (exact) mass is 538 g/mol. The third kappa shape index (κ3) is 10.6. The van der Waals surface area contributed by atoms with Gasteiger partial charge in [-0.15, -0.1) is 24.0 Å². The summed E-state index contributed by atoms with van der Waals surface area (Å²) in [5, 5.41) is 6.27. The van der Waals surface area contributed by atoms with Crippen LogP contribution in [0.3, 0.4) is 0 Å². The number of aliphatic imine (C=N–C) groups is 1. The lowest BCUT2D eigenvalue weighted by molar-refractivity contribution is 0.0200. The SMILES string of the molecule is CCNC(=NCC(C)c1ccccc1)NCCS(=O)(=O)NCC1CCCCO1.I. The van der Waals surface area contributed by atoms with Crippen molar-refractivity contribution in [2.75, 3.05) is 38.5 Å². The number of ether oxygens (including phenoxy) is 1. The molecule has 2 atom stereocenters. The smallest absolute Gasteiger partial charge is 0.213 e. The van der Waals surface area contributed by atoms with Crippen molar-refractivity contribution in [1.82, 2.24) is 15.4 Å². The molecular formula is C20H35IN4O3S. The minimum absolute atomic E-state index is 0. The summed E-state index contributed by atoms with van der Waals surface area (Å²) in [6, 6.07) is 10.2. The molecule has 1 aromatic carbocycles. The van der Waals surface area contributed by atoms with Crippen LogP contribution in [0.25, 0.3) is 0 Å². The molecule has 0 radical (unpaired) electrons. The van der Waals surface area contributed by atoms with Gasteiger partial charge < -0.3 is 15.4 Å². The van der Waals surface area contributed by atoms with E-state index in [0.29, 0.717) is 25.6 Å². The number of guanidine groups is 1. The van der Waals surface area contributed by atoms with Crippen molar-refractivity contribution in [1.29, 1.82) is 0 Å². The summed E-state index contributed by atoms with van der Waals surface area (Å²) in [7, 11) is -3.34. The molecule has 7 nitrogen and oxygen atoms in total. The van der Waals surface area contributed by atoms with E-state index in [1.807, 2.05) is 25.1 Å². The van der Waals surface area contributed by atoms with Crippen LogP contribution in [0.1, 0.15) is 44.6 Å². The van der Waals surface area contributed by atoms with Gasteiger partial charge in [-0.25, -0.2) is 13.1 Å². The Morgan fingerprint density at radius 2 is 2.00 bits per heavy atom. The van der Waals surface area contributed by atoms with E-state index in [0.717, 1.165) is 32.4 Å². The highest BCUT2D eigenvalue weighted by Crippen LogP contribution is 2.14. The van der Waals surface area contributed by atoms with Crippen molar-refractivity contribution in [2.45, 2.75) is 45.1 Å². The number of hydrogen-bond acceptors (Lipinski definition) is 4. The second kappa shape index (κ2) is 14.2. The van der Waals surface area contributed by atoms with Crippen LogP contribution >= 0.6 is 24.0 Å². The Kier molecular flexibility index (Phi) is 12.8. The summed E-state index contributed by atoms with van der Waals surface area (Å²) in [5.41, 5.74) is 1.24. The summed E-state index contributed by atoms with van der Waals surface area (Å²) in [5.74, 6) is 0.923. The molecule has 0 amide bonds. The van der Waals surface area contributed by atoms with Gasteiger partial charge in [0.25, 0.3) is 0 Å². The number of halogens is 1. The number of nitrogens with one attached hydrogen (secondary N) is 3. The van der Waals surface area contributed by atoms with Gasteiger partial charge in [0, 0.05) is 38.7 Å². The number of rotatable bonds is 10. The minimum Gasteiger partial charge on any atom is -0.377 e. The standard InChI is InChI=1S/C20H34N4O3S.HI/c1-3-21-20(23-15-17(2)18-9-5-4-6-10-18)22-12-14-28(25,26)24-16-19-11-7-8-13-27-19;/h4-6,9-10,17,19,24H,3,7-8,11-16H2,1-2H3,(H2,21,22,23);1H. The molecule has 1 aliphatic heterocycles. The third-order valence-corrected chi connectivity index (χ3v) is 6.05. The fraction of sp³-hybridized carbons (Fsp3) is 0.650. The summed E-state index contributed by atoms with van der Waals surface area (Å²) in [4.78, 5) is 4.59. The Morgan fingerprint density at radius 1 is 1.24 bits per heavy atom. The van der Waals surface area contributed by atoms with E-state index in [1.54, 1.807) is 0 Å². The third-order valence-electron chi connectivity index (χ3n) is 4.70. The van der Waals surface area contributed by atoms with Crippen molar-refractivity contribution < 1.29 is 13.2 Å². The molecule has 1 heterocycles. The molecule has 1 saturated heterocycles. The van der Waals surface area contributed by atoms with Gasteiger partial charge in [0.1, 0.15) is 0 Å². The maximum Gasteiger partial charge on any atom is 0.213 e. The van der Waals surface area contributed by atoms with Crippen LogP contribution in [0.15, 0.2) is 35.3 Å². The van der Waals surface area contributed by atoms with Crippen molar-refractivity contribution in [2.24, 2.45) is 4.99 Å². The van der Waals surface area contributed by atoms with Crippen LogP contribution in [-0.4, -0.2) is 59.0 Å². The number of sulfonamides is 1. The quantitative estimate of drug-likeness (QED) is 0.242. The molecule has 29 heavy (non-hydrogen) atoms. The average molecular weight is 538 g/mol. The van der Waals surface area contributed by atoms with Crippen molar-refractivity contribution in [3.05, 3.63) is 35.9 Å². The second-order valence-electron chi connectivity index (χ2n) is 7.11. The van der Waals surface area contributed by atoms with E-state index in [1.165, 1.54) is 5.56 Å². The van der Waals surface area contributed by atoms with E-state index in [-0.39, 0.29) is 41.8 Å². The topological polar surface area (TPSA) is 91.8 Å². The lowest BCUT2D eigenvalue weighted by Crippen LogP contribution is -2.42. The average Bonchev–Trinajstić information content (AvgIpc) is 2.71. The zero-order valence-corrected chi connectivity index (χ0v) is 20.5. The summed E-state index contributed by atoms with van der Waals surface area (Å²) in [6.07, 6.45) is 3.06. The van der Waals surface area contributed by atoms with Crippen molar-refractivity contribution in [3.8, 4) is 0 Å². The molecule has 1 fully saturated rings. The van der Waals surface area contributed by atoms with Crippen molar-refractivity contribution in [3.63, 3.8) is 0 Å². The Labute approximate surface area is 192 Å². The van der Waals surface area contributed by atoms with Crippen LogP contribution in [-0.2, 0) is 14.8 Å². The first-order valence-electron chi connectivity index (χ1n) is 10.2. The molecule has 2 unspecified atom stereocenters. The van der Waals surface area contributed by atoms with E-state index in [2.05, 4.69) is 39.4 Å². The zero-order chi connectivity index (χ0) is 20.2. The van der Waals surface area contributed by atoms with Gasteiger partial charge in [-0.05, 0) is 31.7 Å². The Balaban J connectivity index is 0.00000420. The Hall–Kier alpha value is -0.910. The van der Waals surface area contributed by atoms with Crippen LogP contribution in [0, 0.1) is 0 Å². The Bertz CT molecular complexity index is 695. The highest BCUT2D eigenvalue weighted by molar-refractivity contribution is 14.0. The summed E-state index contributed by atoms with van der Waals surface area (Å²) >= 11 is 0. The molecule has 166 valence electrons. The van der Waals surface area contributed by atoms with Crippen LogP contribution < -0.4 is 15.4 Å².